The Hall–Kier alpha value is -3.16. The Morgan fingerprint density at radius 1 is 1.06 bits per heavy atom. The topological polar surface area (TPSA) is 68.6 Å². The van der Waals surface area contributed by atoms with Crippen molar-refractivity contribution < 1.29 is 9.47 Å². The molecule has 160 valence electrons. The van der Waals surface area contributed by atoms with E-state index in [2.05, 4.69) is 50.0 Å². The molecule has 2 aromatic heterocycles. The van der Waals surface area contributed by atoms with Crippen molar-refractivity contribution in [2.75, 3.05) is 26.6 Å². The first-order chi connectivity index (χ1) is 15.2. The van der Waals surface area contributed by atoms with Gasteiger partial charge in [0.15, 0.2) is 5.82 Å². The molecule has 3 aromatic rings. The highest BCUT2D eigenvalue weighted by atomic mass is 32.2. The molecular formula is C24H26N4O2S. The fraction of sp³-hybridized carbons (Fsp3) is 0.208. The molecule has 0 aliphatic carbocycles. The Morgan fingerprint density at radius 2 is 1.87 bits per heavy atom. The highest BCUT2D eigenvalue weighted by Crippen LogP contribution is 2.23. The van der Waals surface area contributed by atoms with Crippen LogP contribution in [0.1, 0.15) is 11.3 Å². The number of pyridine rings is 2. The van der Waals surface area contributed by atoms with E-state index < -0.39 is 0 Å². The predicted octanol–water partition coefficient (Wildman–Crippen LogP) is 5.09. The minimum Gasteiger partial charge on any atom is -0.475 e. The SMILES string of the molecule is COCCOc1ccc(-c2ccc(/C(=C/SC)N/C=N/c3cccc(C)n3)cc2)cn1. The van der Waals surface area contributed by atoms with Gasteiger partial charge in [0.05, 0.1) is 18.6 Å². The van der Waals surface area contributed by atoms with Crippen LogP contribution in [0.25, 0.3) is 16.8 Å². The average Bonchev–Trinajstić information content (AvgIpc) is 2.79. The van der Waals surface area contributed by atoms with Gasteiger partial charge in [0.2, 0.25) is 5.88 Å². The Balaban J connectivity index is 1.67. The number of thioether (sulfide) groups is 1. The molecule has 0 amide bonds. The van der Waals surface area contributed by atoms with Crippen LogP contribution in [0, 0.1) is 6.92 Å². The molecule has 0 unspecified atom stereocenters. The van der Waals surface area contributed by atoms with E-state index in [1.165, 1.54) is 0 Å². The fourth-order valence-corrected chi connectivity index (χ4v) is 3.22. The van der Waals surface area contributed by atoms with Gasteiger partial charge < -0.3 is 14.8 Å². The zero-order valence-electron chi connectivity index (χ0n) is 17.9. The molecule has 2 heterocycles. The van der Waals surface area contributed by atoms with Gasteiger partial charge >= 0.3 is 0 Å². The summed E-state index contributed by atoms with van der Waals surface area (Å²) in [5.41, 5.74) is 5.08. The first-order valence-electron chi connectivity index (χ1n) is 9.84. The minimum absolute atomic E-state index is 0.484. The van der Waals surface area contributed by atoms with Gasteiger partial charge in [-0.2, -0.15) is 0 Å². The minimum atomic E-state index is 0.484. The van der Waals surface area contributed by atoms with Gasteiger partial charge in [-0.25, -0.2) is 15.0 Å². The van der Waals surface area contributed by atoms with Crippen LogP contribution in [0.4, 0.5) is 5.82 Å². The molecule has 1 aromatic carbocycles. The molecule has 0 saturated carbocycles. The Kier molecular flexibility index (Phi) is 8.63. The van der Waals surface area contributed by atoms with Crippen LogP contribution >= 0.6 is 11.8 Å². The van der Waals surface area contributed by atoms with E-state index in [1.807, 2.05) is 49.7 Å². The van der Waals surface area contributed by atoms with Gasteiger partial charge in [-0.05, 0) is 47.9 Å². The molecule has 0 aliphatic rings. The maximum atomic E-state index is 5.52. The molecule has 1 N–H and O–H groups in total. The maximum absolute atomic E-state index is 5.52. The van der Waals surface area contributed by atoms with Crippen LogP contribution in [-0.4, -0.2) is 42.9 Å². The summed E-state index contributed by atoms with van der Waals surface area (Å²) in [5.74, 6) is 1.27. The molecule has 6 nitrogen and oxygen atoms in total. The van der Waals surface area contributed by atoms with Gasteiger partial charge in [-0.1, -0.05) is 30.3 Å². The number of aliphatic imine (C=N–C) groups is 1. The second kappa shape index (κ2) is 11.9. The molecule has 0 saturated heterocycles. The second-order valence-electron chi connectivity index (χ2n) is 6.61. The number of ether oxygens (including phenoxy) is 2. The lowest BCUT2D eigenvalue weighted by atomic mass is 10.0. The predicted molar refractivity (Wildman–Crippen MR) is 129 cm³/mol. The van der Waals surface area contributed by atoms with Crippen molar-refractivity contribution in [3.8, 4) is 17.0 Å². The first kappa shape index (κ1) is 22.5. The third-order valence-corrected chi connectivity index (χ3v) is 4.80. The second-order valence-corrected chi connectivity index (χ2v) is 7.32. The smallest absolute Gasteiger partial charge is 0.213 e. The van der Waals surface area contributed by atoms with Crippen molar-refractivity contribution in [3.05, 3.63) is 77.5 Å². The average molecular weight is 435 g/mol. The highest BCUT2D eigenvalue weighted by Gasteiger charge is 2.04. The highest BCUT2D eigenvalue weighted by molar-refractivity contribution is 8.01. The number of nitrogens with one attached hydrogen (secondary N) is 1. The third kappa shape index (κ3) is 6.94. The summed E-state index contributed by atoms with van der Waals surface area (Å²) in [7, 11) is 1.65. The third-order valence-electron chi connectivity index (χ3n) is 4.33. The van der Waals surface area contributed by atoms with Crippen LogP contribution in [0.3, 0.4) is 0 Å². The van der Waals surface area contributed by atoms with Gasteiger partial charge in [0.1, 0.15) is 6.61 Å². The van der Waals surface area contributed by atoms with Gasteiger partial charge in [0.25, 0.3) is 0 Å². The van der Waals surface area contributed by atoms with Crippen LogP contribution in [0.15, 0.2) is 71.2 Å². The normalized spacial score (nSPS) is 11.6. The zero-order chi connectivity index (χ0) is 21.9. The van der Waals surface area contributed by atoms with Crippen LogP contribution in [0.5, 0.6) is 5.88 Å². The Labute approximate surface area is 187 Å². The molecule has 0 fully saturated rings. The first-order valence-corrected chi connectivity index (χ1v) is 11.1. The van der Waals surface area contributed by atoms with Gasteiger partial charge in [-0.15, -0.1) is 11.8 Å². The van der Waals surface area contributed by atoms with Crippen LogP contribution < -0.4 is 10.1 Å². The van der Waals surface area contributed by atoms with E-state index in [9.17, 15) is 0 Å². The molecule has 7 heteroatoms. The van der Waals surface area contributed by atoms with Crippen LogP contribution in [0.2, 0.25) is 0 Å². The van der Waals surface area contributed by atoms with Gasteiger partial charge in [-0.3, -0.25) is 0 Å². The van der Waals surface area contributed by atoms with E-state index >= 15 is 0 Å². The maximum Gasteiger partial charge on any atom is 0.213 e. The number of rotatable bonds is 10. The summed E-state index contributed by atoms with van der Waals surface area (Å²) in [5, 5.41) is 5.32. The summed E-state index contributed by atoms with van der Waals surface area (Å²) in [4.78, 5) is 13.1. The number of nitrogens with zero attached hydrogens (tertiary/aromatic N) is 3. The Bertz CT molecular complexity index is 1020. The molecule has 0 bridgehead atoms. The van der Waals surface area contributed by atoms with Crippen molar-refractivity contribution in [2.45, 2.75) is 6.92 Å². The molecule has 0 aliphatic heterocycles. The summed E-state index contributed by atoms with van der Waals surface area (Å²) in [6, 6.07) is 17.9. The summed E-state index contributed by atoms with van der Waals surface area (Å²) >= 11 is 1.63. The summed E-state index contributed by atoms with van der Waals surface area (Å²) in [6.07, 6.45) is 5.51. The standard InChI is InChI=1S/C24H26N4O2S/c1-18-5-4-6-23(28-18)27-17-26-22(16-31-3)20-9-7-19(8-10-20)21-11-12-24(25-15-21)30-14-13-29-2/h4-12,15-17H,13-14H2,1-3H3,(H,26,27,28)/b22-16-. The van der Waals surface area contributed by atoms with E-state index in [0.29, 0.717) is 24.9 Å². The molecule has 0 spiro atoms. The quantitative estimate of drug-likeness (QED) is 0.272. The number of benzene rings is 1. The molecule has 0 radical (unpaired) electrons. The molecule has 3 rings (SSSR count). The van der Waals surface area contributed by atoms with Crippen molar-refractivity contribution in [1.29, 1.82) is 0 Å². The molecule has 31 heavy (non-hydrogen) atoms. The van der Waals surface area contributed by atoms with Crippen molar-refractivity contribution >= 4 is 29.6 Å². The lowest BCUT2D eigenvalue weighted by Gasteiger charge is -2.09. The molecule has 0 atom stereocenters. The van der Waals surface area contributed by atoms with E-state index in [4.69, 9.17) is 9.47 Å². The number of aromatic nitrogens is 2. The van der Waals surface area contributed by atoms with Gasteiger partial charge in [0, 0.05) is 30.6 Å². The van der Waals surface area contributed by atoms with E-state index in [1.54, 1.807) is 25.2 Å². The summed E-state index contributed by atoms with van der Waals surface area (Å²) in [6.45, 7) is 2.97. The van der Waals surface area contributed by atoms with Crippen molar-refractivity contribution in [3.63, 3.8) is 0 Å². The van der Waals surface area contributed by atoms with E-state index in [-0.39, 0.29) is 0 Å². The lowest BCUT2D eigenvalue weighted by Crippen LogP contribution is -2.09. The largest absolute Gasteiger partial charge is 0.475 e. The van der Waals surface area contributed by atoms with Crippen molar-refractivity contribution in [1.82, 2.24) is 15.3 Å². The monoisotopic (exact) mass is 434 g/mol. The lowest BCUT2D eigenvalue weighted by molar-refractivity contribution is 0.144. The van der Waals surface area contributed by atoms with E-state index in [0.717, 1.165) is 28.1 Å². The number of methoxy groups -OCH3 is 1. The molecular weight excluding hydrogens is 408 g/mol. The van der Waals surface area contributed by atoms with Crippen LogP contribution in [-0.2, 0) is 4.74 Å². The number of hydrogen-bond acceptors (Lipinski definition) is 6. The zero-order valence-corrected chi connectivity index (χ0v) is 18.7. The van der Waals surface area contributed by atoms with Crippen molar-refractivity contribution in [2.24, 2.45) is 4.99 Å². The number of hydrogen-bond donors (Lipinski definition) is 1. The summed E-state index contributed by atoms with van der Waals surface area (Å²) < 4.78 is 10.5. The number of aryl methyl sites for hydroxylation is 1. The Morgan fingerprint density at radius 3 is 2.55 bits per heavy atom. The fourth-order valence-electron chi connectivity index (χ4n) is 2.78.